The van der Waals surface area contributed by atoms with Gasteiger partial charge in [-0.1, -0.05) is 29.8 Å². The molecule has 0 atom stereocenters. The summed E-state index contributed by atoms with van der Waals surface area (Å²) in [7, 11) is -1.92. The van der Waals surface area contributed by atoms with Crippen LogP contribution in [-0.2, 0) is 25.8 Å². The van der Waals surface area contributed by atoms with Gasteiger partial charge in [0, 0.05) is 19.2 Å². The summed E-state index contributed by atoms with van der Waals surface area (Å²) < 4.78 is 24.5. The van der Waals surface area contributed by atoms with Gasteiger partial charge in [-0.05, 0) is 36.8 Å². The molecule has 0 unspecified atom stereocenters. The van der Waals surface area contributed by atoms with Crippen LogP contribution in [0.2, 0.25) is 0 Å². The molecular formula is C19H22N2O4S. The topological polar surface area (TPSA) is 92.3 Å². The van der Waals surface area contributed by atoms with Crippen LogP contribution in [0, 0.1) is 6.92 Å². The maximum Gasteiger partial charge on any atom is 0.225 e. The Balaban J connectivity index is 1.90. The number of carbonyl (C=O) groups excluding carboxylic acids is 2. The Kier molecular flexibility index (Phi) is 6.52. The van der Waals surface area contributed by atoms with E-state index < -0.39 is 9.84 Å². The highest BCUT2D eigenvalue weighted by Crippen LogP contribution is 2.14. The number of anilines is 1. The zero-order chi connectivity index (χ0) is 19.2. The molecule has 0 aliphatic carbocycles. The molecule has 2 rings (SSSR count). The summed E-state index contributed by atoms with van der Waals surface area (Å²) in [5.74, 6) is -0.723. The first-order chi connectivity index (χ1) is 12.3. The number of hydrogen-bond acceptors (Lipinski definition) is 4. The Bertz CT molecular complexity index is 873. The minimum absolute atomic E-state index is 0.0944. The Labute approximate surface area is 153 Å². The van der Waals surface area contributed by atoms with Crippen LogP contribution in [0.3, 0.4) is 0 Å². The molecule has 2 N–H and O–H groups in total. The molecule has 0 bridgehead atoms. The highest BCUT2D eigenvalue weighted by molar-refractivity contribution is 7.91. The number of nitrogens with one attached hydrogen (secondary N) is 2. The summed E-state index contributed by atoms with van der Waals surface area (Å²) in [6.45, 7) is 1.88. The zero-order valence-electron chi connectivity index (χ0n) is 14.8. The van der Waals surface area contributed by atoms with E-state index in [0.717, 1.165) is 11.1 Å². The van der Waals surface area contributed by atoms with Gasteiger partial charge in [0.25, 0.3) is 0 Å². The van der Waals surface area contributed by atoms with Crippen LogP contribution in [-0.4, -0.2) is 33.0 Å². The van der Waals surface area contributed by atoms with Crippen molar-refractivity contribution in [2.24, 2.45) is 0 Å². The molecule has 138 valence electrons. The first-order valence-electron chi connectivity index (χ1n) is 8.19. The molecule has 6 nitrogen and oxygen atoms in total. The maximum absolute atomic E-state index is 12.3. The summed E-state index contributed by atoms with van der Waals surface area (Å²) in [5.41, 5.74) is 2.36. The van der Waals surface area contributed by atoms with Gasteiger partial charge < -0.3 is 10.6 Å². The Hall–Kier alpha value is -2.67. The third-order valence-electron chi connectivity index (χ3n) is 3.86. The molecule has 2 amide bonds. The molecule has 0 saturated carbocycles. The number of likely N-dealkylation sites (N-methyl/N-ethyl adjacent to an activating group) is 1. The van der Waals surface area contributed by atoms with Crippen molar-refractivity contribution < 1.29 is 18.0 Å². The second-order valence-electron chi connectivity index (χ2n) is 5.98. The van der Waals surface area contributed by atoms with Gasteiger partial charge in [0.15, 0.2) is 9.84 Å². The van der Waals surface area contributed by atoms with E-state index in [1.807, 2.05) is 6.92 Å². The highest BCUT2D eigenvalue weighted by Gasteiger charge is 2.16. The average molecular weight is 374 g/mol. The first-order valence-corrected chi connectivity index (χ1v) is 9.84. The third-order valence-corrected chi connectivity index (χ3v) is 5.59. The second-order valence-corrected chi connectivity index (χ2v) is 8.09. The zero-order valence-corrected chi connectivity index (χ0v) is 15.6. The SMILES string of the molecule is CNC(=O)Cc1ccc(NC(=O)CCS(=O)(=O)c2ccc(C)cc2)cc1. The molecule has 0 radical (unpaired) electrons. The lowest BCUT2D eigenvalue weighted by molar-refractivity contribution is -0.120. The Morgan fingerprint density at radius 3 is 2.12 bits per heavy atom. The van der Waals surface area contributed by atoms with Gasteiger partial charge in [0.05, 0.1) is 17.1 Å². The van der Waals surface area contributed by atoms with Crippen LogP contribution in [0.5, 0.6) is 0 Å². The lowest BCUT2D eigenvalue weighted by Crippen LogP contribution is -2.20. The maximum atomic E-state index is 12.3. The summed E-state index contributed by atoms with van der Waals surface area (Å²) in [6, 6.07) is 13.4. The van der Waals surface area contributed by atoms with Gasteiger partial charge in [-0.15, -0.1) is 0 Å². The van der Waals surface area contributed by atoms with E-state index in [9.17, 15) is 18.0 Å². The Morgan fingerprint density at radius 2 is 1.54 bits per heavy atom. The van der Waals surface area contributed by atoms with E-state index in [0.29, 0.717) is 5.69 Å². The molecule has 0 heterocycles. The number of aryl methyl sites for hydroxylation is 1. The molecule has 0 aromatic heterocycles. The molecular weight excluding hydrogens is 352 g/mol. The largest absolute Gasteiger partial charge is 0.359 e. The van der Waals surface area contributed by atoms with Crippen LogP contribution in [0.15, 0.2) is 53.4 Å². The summed E-state index contributed by atoms with van der Waals surface area (Å²) in [5, 5.41) is 5.21. The fraction of sp³-hybridized carbons (Fsp3) is 0.263. The van der Waals surface area contributed by atoms with E-state index in [4.69, 9.17) is 0 Å². The van der Waals surface area contributed by atoms with Crippen molar-refractivity contribution in [3.63, 3.8) is 0 Å². The summed E-state index contributed by atoms with van der Waals surface area (Å²) >= 11 is 0. The first kappa shape index (κ1) is 19.7. The molecule has 7 heteroatoms. The molecule has 2 aromatic rings. The molecule has 2 aromatic carbocycles. The number of benzene rings is 2. The number of sulfone groups is 1. The van der Waals surface area contributed by atoms with Crippen molar-refractivity contribution in [3.05, 3.63) is 59.7 Å². The summed E-state index contributed by atoms with van der Waals surface area (Å²) in [6.07, 6.45) is 0.135. The van der Waals surface area contributed by atoms with E-state index in [1.165, 1.54) is 0 Å². The summed E-state index contributed by atoms with van der Waals surface area (Å²) in [4.78, 5) is 23.6. The van der Waals surface area contributed by atoms with Gasteiger partial charge in [-0.25, -0.2) is 8.42 Å². The van der Waals surface area contributed by atoms with Crippen molar-refractivity contribution in [1.29, 1.82) is 0 Å². The quantitative estimate of drug-likeness (QED) is 0.776. The van der Waals surface area contributed by atoms with E-state index in [-0.39, 0.29) is 35.3 Å². The predicted octanol–water partition coefficient (Wildman–Crippen LogP) is 2.09. The van der Waals surface area contributed by atoms with Gasteiger partial charge >= 0.3 is 0 Å². The number of rotatable bonds is 7. The minimum Gasteiger partial charge on any atom is -0.359 e. The lowest BCUT2D eigenvalue weighted by atomic mass is 10.1. The van der Waals surface area contributed by atoms with E-state index in [1.54, 1.807) is 55.6 Å². The van der Waals surface area contributed by atoms with Gasteiger partial charge in [0.1, 0.15) is 0 Å². The second kappa shape index (κ2) is 8.62. The fourth-order valence-corrected chi connectivity index (χ4v) is 3.53. The number of carbonyl (C=O) groups is 2. The van der Waals surface area contributed by atoms with Crippen LogP contribution >= 0.6 is 0 Å². The highest BCUT2D eigenvalue weighted by atomic mass is 32.2. The molecule has 0 spiro atoms. The predicted molar refractivity (Wildman–Crippen MR) is 101 cm³/mol. The van der Waals surface area contributed by atoms with Crippen LogP contribution < -0.4 is 10.6 Å². The van der Waals surface area contributed by atoms with Gasteiger partial charge in [-0.2, -0.15) is 0 Å². The van der Waals surface area contributed by atoms with Crippen molar-refractivity contribution in [2.45, 2.75) is 24.7 Å². The minimum atomic E-state index is -3.49. The smallest absolute Gasteiger partial charge is 0.225 e. The monoisotopic (exact) mass is 374 g/mol. The van der Waals surface area contributed by atoms with E-state index in [2.05, 4.69) is 10.6 Å². The van der Waals surface area contributed by atoms with Gasteiger partial charge in [0.2, 0.25) is 11.8 Å². The van der Waals surface area contributed by atoms with Crippen molar-refractivity contribution in [2.75, 3.05) is 18.1 Å². The molecule has 0 fully saturated rings. The van der Waals surface area contributed by atoms with E-state index >= 15 is 0 Å². The number of amides is 2. The van der Waals surface area contributed by atoms with Crippen molar-refractivity contribution in [3.8, 4) is 0 Å². The molecule has 0 aliphatic rings. The van der Waals surface area contributed by atoms with Gasteiger partial charge in [-0.3, -0.25) is 9.59 Å². The van der Waals surface area contributed by atoms with Crippen molar-refractivity contribution in [1.82, 2.24) is 5.32 Å². The van der Waals surface area contributed by atoms with Crippen LogP contribution in [0.1, 0.15) is 17.5 Å². The lowest BCUT2D eigenvalue weighted by Gasteiger charge is -2.08. The van der Waals surface area contributed by atoms with Crippen molar-refractivity contribution >= 4 is 27.3 Å². The number of hydrogen-bond donors (Lipinski definition) is 2. The van der Waals surface area contributed by atoms with Crippen LogP contribution in [0.4, 0.5) is 5.69 Å². The molecule has 0 aliphatic heterocycles. The molecule has 0 saturated heterocycles. The van der Waals surface area contributed by atoms with Crippen LogP contribution in [0.25, 0.3) is 0 Å². The third kappa shape index (κ3) is 5.70. The normalized spacial score (nSPS) is 11.0. The molecule has 26 heavy (non-hydrogen) atoms. The fourth-order valence-electron chi connectivity index (χ4n) is 2.29. The average Bonchev–Trinajstić information content (AvgIpc) is 2.62. The standard InChI is InChI=1S/C19H22N2O4S/c1-14-3-9-17(10-4-14)26(24,25)12-11-18(22)21-16-7-5-15(6-8-16)13-19(23)20-2/h3-10H,11-13H2,1-2H3,(H,20,23)(H,21,22). The Morgan fingerprint density at radius 1 is 0.923 bits per heavy atom.